The zero-order chi connectivity index (χ0) is 25.3. The van der Waals surface area contributed by atoms with Crippen molar-refractivity contribution in [2.75, 3.05) is 19.7 Å². The Balaban J connectivity index is 1.14. The van der Waals surface area contributed by atoms with E-state index in [1.165, 1.54) is 0 Å². The Morgan fingerprint density at radius 3 is 2.19 bits per heavy atom. The molecule has 1 saturated heterocycles. The maximum absolute atomic E-state index is 12.5. The Kier molecular flexibility index (Phi) is 8.81. The van der Waals surface area contributed by atoms with E-state index in [1.807, 2.05) is 30.3 Å². The summed E-state index contributed by atoms with van der Waals surface area (Å²) in [5, 5.41) is 12.1. The van der Waals surface area contributed by atoms with Crippen LogP contribution < -0.4 is 10.1 Å². The van der Waals surface area contributed by atoms with Crippen LogP contribution in [-0.4, -0.2) is 53.7 Å². The molecular weight excluding hydrogens is 460 g/mol. The van der Waals surface area contributed by atoms with Crippen molar-refractivity contribution in [3.8, 4) is 5.75 Å². The molecule has 36 heavy (non-hydrogen) atoms. The maximum Gasteiger partial charge on any atom is 0.410 e. The fraction of sp³-hybridized carbons (Fsp3) is 0.464. The molecule has 1 saturated carbocycles. The standard InChI is InChI=1S/C28H34N2O6/c31-26(29-24-10-6-23(7-11-24)27(32)33)22-8-12-25(13-9-22)35-18-21-14-16-30(17-15-21)28(34)36-19-20-4-2-1-3-5-20/h1-5,8-9,12-13,21,23-24H,6-7,10-11,14-19H2,(H,29,31)(H,32,33). The van der Waals surface area contributed by atoms with E-state index >= 15 is 0 Å². The van der Waals surface area contributed by atoms with Crippen LogP contribution in [0.3, 0.4) is 0 Å². The third-order valence-corrected chi connectivity index (χ3v) is 7.09. The normalized spacial score (nSPS) is 20.4. The van der Waals surface area contributed by atoms with Gasteiger partial charge < -0.3 is 24.8 Å². The number of carboxylic acids is 1. The van der Waals surface area contributed by atoms with Gasteiger partial charge in [0.05, 0.1) is 12.5 Å². The molecular formula is C28H34N2O6. The summed E-state index contributed by atoms with van der Waals surface area (Å²) in [7, 11) is 0. The summed E-state index contributed by atoms with van der Waals surface area (Å²) in [5.41, 5.74) is 1.53. The van der Waals surface area contributed by atoms with Crippen LogP contribution in [0.4, 0.5) is 4.79 Å². The molecule has 192 valence electrons. The van der Waals surface area contributed by atoms with Crippen molar-refractivity contribution in [2.45, 2.75) is 51.2 Å². The summed E-state index contributed by atoms with van der Waals surface area (Å²) in [6, 6.07) is 16.8. The number of aliphatic carboxylic acids is 1. The number of hydrogen-bond acceptors (Lipinski definition) is 5. The first-order valence-electron chi connectivity index (χ1n) is 12.7. The summed E-state index contributed by atoms with van der Waals surface area (Å²) in [6.45, 7) is 2.14. The van der Waals surface area contributed by atoms with Gasteiger partial charge in [-0.2, -0.15) is 0 Å². The lowest BCUT2D eigenvalue weighted by Gasteiger charge is -2.31. The van der Waals surface area contributed by atoms with Gasteiger partial charge in [-0.05, 0) is 74.3 Å². The van der Waals surface area contributed by atoms with Gasteiger partial charge in [-0.3, -0.25) is 9.59 Å². The lowest BCUT2D eigenvalue weighted by Crippen LogP contribution is -2.40. The smallest absolute Gasteiger partial charge is 0.410 e. The molecule has 1 aliphatic heterocycles. The topological polar surface area (TPSA) is 105 Å². The fourth-order valence-corrected chi connectivity index (χ4v) is 4.76. The van der Waals surface area contributed by atoms with Crippen molar-refractivity contribution in [3.63, 3.8) is 0 Å². The molecule has 0 bridgehead atoms. The minimum Gasteiger partial charge on any atom is -0.493 e. The second kappa shape index (κ2) is 12.4. The highest BCUT2D eigenvalue weighted by Gasteiger charge is 2.27. The second-order valence-electron chi connectivity index (χ2n) is 9.67. The zero-order valence-corrected chi connectivity index (χ0v) is 20.4. The quantitative estimate of drug-likeness (QED) is 0.560. The molecule has 2 aromatic rings. The number of piperidine rings is 1. The summed E-state index contributed by atoms with van der Waals surface area (Å²) >= 11 is 0. The largest absolute Gasteiger partial charge is 0.493 e. The number of rotatable bonds is 8. The highest BCUT2D eigenvalue weighted by atomic mass is 16.6. The number of carbonyl (C=O) groups excluding carboxylic acids is 2. The predicted molar refractivity (Wildman–Crippen MR) is 134 cm³/mol. The van der Waals surface area contributed by atoms with E-state index in [2.05, 4.69) is 5.32 Å². The number of likely N-dealkylation sites (tertiary alicyclic amines) is 1. The molecule has 4 rings (SSSR count). The Morgan fingerprint density at radius 1 is 0.889 bits per heavy atom. The van der Waals surface area contributed by atoms with Gasteiger partial charge in [-0.1, -0.05) is 30.3 Å². The highest BCUT2D eigenvalue weighted by molar-refractivity contribution is 5.94. The summed E-state index contributed by atoms with van der Waals surface area (Å²) < 4.78 is 11.4. The average molecular weight is 495 g/mol. The number of nitrogens with one attached hydrogen (secondary N) is 1. The first-order valence-corrected chi connectivity index (χ1v) is 12.7. The molecule has 0 aromatic heterocycles. The molecule has 2 aliphatic rings. The number of carbonyl (C=O) groups is 3. The Morgan fingerprint density at radius 2 is 1.56 bits per heavy atom. The molecule has 0 atom stereocenters. The van der Waals surface area contributed by atoms with Crippen LogP contribution in [0.2, 0.25) is 0 Å². The SMILES string of the molecule is O=C(NC1CCC(C(=O)O)CC1)c1ccc(OCC2CCN(C(=O)OCc3ccccc3)CC2)cc1. The van der Waals surface area contributed by atoms with Crippen molar-refractivity contribution < 1.29 is 29.0 Å². The number of nitrogens with zero attached hydrogens (tertiary/aromatic N) is 1. The average Bonchev–Trinajstić information content (AvgIpc) is 2.92. The molecule has 1 aliphatic carbocycles. The van der Waals surface area contributed by atoms with E-state index in [9.17, 15) is 14.4 Å². The van der Waals surface area contributed by atoms with E-state index in [0.29, 0.717) is 62.6 Å². The summed E-state index contributed by atoms with van der Waals surface area (Å²) in [5.74, 6) is -0.130. The highest BCUT2D eigenvalue weighted by Crippen LogP contribution is 2.25. The molecule has 8 nitrogen and oxygen atoms in total. The van der Waals surface area contributed by atoms with Crippen LogP contribution in [0.1, 0.15) is 54.4 Å². The van der Waals surface area contributed by atoms with E-state index < -0.39 is 5.97 Å². The third-order valence-electron chi connectivity index (χ3n) is 7.09. The number of ether oxygens (including phenoxy) is 2. The van der Waals surface area contributed by atoms with Crippen LogP contribution in [-0.2, 0) is 16.1 Å². The molecule has 8 heteroatoms. The Bertz CT molecular complexity index is 1010. The maximum atomic E-state index is 12.5. The van der Waals surface area contributed by atoms with Gasteiger partial charge in [-0.25, -0.2) is 4.79 Å². The number of hydrogen-bond donors (Lipinski definition) is 2. The van der Waals surface area contributed by atoms with Crippen LogP contribution in [0.15, 0.2) is 54.6 Å². The van der Waals surface area contributed by atoms with Gasteiger partial charge >= 0.3 is 12.1 Å². The number of benzene rings is 2. The summed E-state index contributed by atoms with van der Waals surface area (Å²) in [4.78, 5) is 37.7. The number of amides is 2. The van der Waals surface area contributed by atoms with Gasteiger partial charge in [0.25, 0.3) is 5.91 Å². The van der Waals surface area contributed by atoms with Gasteiger partial charge in [0.2, 0.25) is 0 Å². The Hall–Kier alpha value is -3.55. The van der Waals surface area contributed by atoms with Crippen LogP contribution >= 0.6 is 0 Å². The molecule has 0 unspecified atom stereocenters. The molecule has 0 radical (unpaired) electrons. The molecule has 2 amide bonds. The van der Waals surface area contributed by atoms with Crippen LogP contribution in [0.5, 0.6) is 5.75 Å². The van der Waals surface area contributed by atoms with E-state index in [0.717, 1.165) is 18.4 Å². The van der Waals surface area contributed by atoms with Crippen molar-refractivity contribution in [3.05, 3.63) is 65.7 Å². The minimum atomic E-state index is -0.748. The van der Waals surface area contributed by atoms with Crippen molar-refractivity contribution in [2.24, 2.45) is 11.8 Å². The molecule has 2 N–H and O–H groups in total. The minimum absolute atomic E-state index is 0.0190. The lowest BCUT2D eigenvalue weighted by molar-refractivity contribution is -0.142. The fourth-order valence-electron chi connectivity index (χ4n) is 4.76. The molecule has 0 spiro atoms. The zero-order valence-electron chi connectivity index (χ0n) is 20.4. The second-order valence-corrected chi connectivity index (χ2v) is 9.67. The Labute approximate surface area is 211 Å². The van der Waals surface area contributed by atoms with Gasteiger partial charge in [0, 0.05) is 24.7 Å². The monoisotopic (exact) mass is 494 g/mol. The van der Waals surface area contributed by atoms with Crippen LogP contribution in [0, 0.1) is 11.8 Å². The third kappa shape index (κ3) is 7.23. The van der Waals surface area contributed by atoms with E-state index in [-0.39, 0.29) is 30.6 Å². The van der Waals surface area contributed by atoms with Crippen molar-refractivity contribution >= 4 is 18.0 Å². The number of carboxylic acid groups (broad SMARTS) is 1. The molecule has 1 heterocycles. The predicted octanol–water partition coefficient (Wildman–Crippen LogP) is 4.49. The van der Waals surface area contributed by atoms with E-state index in [4.69, 9.17) is 14.6 Å². The van der Waals surface area contributed by atoms with Crippen molar-refractivity contribution in [1.82, 2.24) is 10.2 Å². The molecule has 2 fully saturated rings. The molecule has 2 aromatic carbocycles. The van der Waals surface area contributed by atoms with Crippen LogP contribution in [0.25, 0.3) is 0 Å². The van der Waals surface area contributed by atoms with Gasteiger partial charge in [0.1, 0.15) is 12.4 Å². The van der Waals surface area contributed by atoms with Gasteiger partial charge in [0.15, 0.2) is 0 Å². The first-order chi connectivity index (χ1) is 17.5. The van der Waals surface area contributed by atoms with Crippen molar-refractivity contribution in [1.29, 1.82) is 0 Å². The lowest BCUT2D eigenvalue weighted by atomic mass is 9.86. The first kappa shape index (κ1) is 25.5. The van der Waals surface area contributed by atoms with E-state index in [1.54, 1.807) is 29.2 Å². The van der Waals surface area contributed by atoms with Gasteiger partial charge in [-0.15, -0.1) is 0 Å². The summed E-state index contributed by atoms with van der Waals surface area (Å²) in [6.07, 6.45) is 4.00.